The van der Waals surface area contributed by atoms with E-state index in [1.807, 2.05) is 42.5 Å². The second-order valence-electron chi connectivity index (χ2n) is 5.73. The van der Waals surface area contributed by atoms with Gasteiger partial charge >= 0.3 is 0 Å². The van der Waals surface area contributed by atoms with E-state index in [0.717, 1.165) is 21.3 Å². The van der Waals surface area contributed by atoms with Crippen molar-refractivity contribution >= 4 is 21.6 Å². The molecule has 26 heavy (non-hydrogen) atoms. The van der Waals surface area contributed by atoms with Gasteiger partial charge in [-0.25, -0.2) is 4.39 Å². The number of methoxy groups -OCH3 is 1. The quantitative estimate of drug-likeness (QED) is 0.529. The van der Waals surface area contributed by atoms with Crippen LogP contribution in [0, 0.1) is 5.82 Å². The van der Waals surface area contributed by atoms with Crippen molar-refractivity contribution in [1.82, 2.24) is 0 Å². The Bertz CT molecular complexity index is 854. The van der Waals surface area contributed by atoms with Crippen LogP contribution in [0.4, 0.5) is 10.1 Å². The van der Waals surface area contributed by atoms with Crippen molar-refractivity contribution < 1.29 is 13.9 Å². The van der Waals surface area contributed by atoms with Crippen molar-refractivity contribution in [3.05, 3.63) is 88.1 Å². The number of hydrogen-bond donors (Lipinski definition) is 1. The fraction of sp³-hybridized carbons (Fsp3) is 0.143. The SMILES string of the molecule is COc1cc(CNc2ccccc2)c(Br)cc1OCc1ccc(F)cc1. The first-order chi connectivity index (χ1) is 12.7. The summed E-state index contributed by atoms with van der Waals surface area (Å²) in [5.41, 5.74) is 2.99. The number of anilines is 1. The average Bonchev–Trinajstić information content (AvgIpc) is 2.67. The van der Waals surface area contributed by atoms with Crippen molar-refractivity contribution in [2.45, 2.75) is 13.2 Å². The Morgan fingerprint density at radius 2 is 1.69 bits per heavy atom. The van der Waals surface area contributed by atoms with Gasteiger partial charge in [-0.2, -0.15) is 0 Å². The highest BCUT2D eigenvalue weighted by Gasteiger charge is 2.11. The number of para-hydroxylation sites is 1. The highest BCUT2D eigenvalue weighted by atomic mass is 79.9. The zero-order valence-corrected chi connectivity index (χ0v) is 15.9. The highest BCUT2D eigenvalue weighted by Crippen LogP contribution is 2.34. The number of ether oxygens (including phenoxy) is 2. The van der Waals surface area contributed by atoms with E-state index in [9.17, 15) is 4.39 Å². The van der Waals surface area contributed by atoms with Crippen molar-refractivity contribution in [1.29, 1.82) is 0 Å². The fourth-order valence-corrected chi connectivity index (χ4v) is 2.94. The Morgan fingerprint density at radius 3 is 2.38 bits per heavy atom. The third-order valence-electron chi connectivity index (χ3n) is 3.90. The summed E-state index contributed by atoms with van der Waals surface area (Å²) in [4.78, 5) is 0. The molecule has 0 saturated carbocycles. The first-order valence-corrected chi connectivity index (χ1v) is 8.97. The molecule has 3 aromatic carbocycles. The summed E-state index contributed by atoms with van der Waals surface area (Å²) < 4.78 is 25.2. The molecule has 0 spiro atoms. The van der Waals surface area contributed by atoms with Crippen molar-refractivity contribution in [2.75, 3.05) is 12.4 Å². The molecular weight excluding hydrogens is 397 g/mol. The van der Waals surface area contributed by atoms with E-state index in [4.69, 9.17) is 9.47 Å². The summed E-state index contributed by atoms with van der Waals surface area (Å²) in [5, 5.41) is 3.37. The van der Waals surface area contributed by atoms with E-state index < -0.39 is 0 Å². The largest absolute Gasteiger partial charge is 0.493 e. The predicted molar refractivity (Wildman–Crippen MR) is 105 cm³/mol. The predicted octanol–water partition coefficient (Wildman–Crippen LogP) is 5.79. The Balaban J connectivity index is 1.70. The minimum absolute atomic E-state index is 0.260. The van der Waals surface area contributed by atoms with Crippen LogP contribution in [0.15, 0.2) is 71.2 Å². The summed E-state index contributed by atoms with van der Waals surface area (Å²) in [6, 6.07) is 20.1. The molecule has 1 N–H and O–H groups in total. The van der Waals surface area contributed by atoms with Gasteiger partial charge in [-0.1, -0.05) is 46.3 Å². The van der Waals surface area contributed by atoms with Crippen LogP contribution < -0.4 is 14.8 Å². The molecule has 0 fully saturated rings. The lowest BCUT2D eigenvalue weighted by Gasteiger charge is -2.15. The third-order valence-corrected chi connectivity index (χ3v) is 4.64. The number of halogens is 2. The first-order valence-electron chi connectivity index (χ1n) is 8.18. The monoisotopic (exact) mass is 415 g/mol. The molecule has 3 rings (SSSR count). The van der Waals surface area contributed by atoms with Crippen LogP contribution in [-0.2, 0) is 13.2 Å². The standard InChI is InChI=1S/C21H19BrFNO2/c1-25-20-11-16(13-24-18-5-3-2-4-6-18)19(22)12-21(20)26-14-15-7-9-17(23)10-8-15/h2-12,24H,13-14H2,1H3. The van der Waals surface area contributed by atoms with Gasteiger partial charge in [0.05, 0.1) is 7.11 Å². The maximum absolute atomic E-state index is 13.0. The van der Waals surface area contributed by atoms with E-state index >= 15 is 0 Å². The normalized spacial score (nSPS) is 10.4. The zero-order chi connectivity index (χ0) is 18.4. The van der Waals surface area contributed by atoms with Crippen LogP contribution in [-0.4, -0.2) is 7.11 Å². The lowest BCUT2D eigenvalue weighted by atomic mass is 10.2. The molecule has 0 radical (unpaired) electrons. The van der Waals surface area contributed by atoms with Crippen LogP contribution >= 0.6 is 15.9 Å². The van der Waals surface area contributed by atoms with E-state index in [2.05, 4.69) is 21.2 Å². The van der Waals surface area contributed by atoms with Gasteiger partial charge in [0.25, 0.3) is 0 Å². The molecule has 0 bridgehead atoms. The van der Waals surface area contributed by atoms with Crippen molar-refractivity contribution in [3.63, 3.8) is 0 Å². The Kier molecular flexibility index (Phi) is 6.12. The van der Waals surface area contributed by atoms with Crippen LogP contribution in [0.5, 0.6) is 11.5 Å². The molecular formula is C21H19BrFNO2. The van der Waals surface area contributed by atoms with E-state index in [-0.39, 0.29) is 5.82 Å². The first kappa shape index (κ1) is 18.3. The lowest BCUT2D eigenvalue weighted by molar-refractivity contribution is 0.284. The van der Waals surface area contributed by atoms with Crippen molar-refractivity contribution in [3.8, 4) is 11.5 Å². The fourth-order valence-electron chi connectivity index (χ4n) is 2.48. The number of nitrogens with one attached hydrogen (secondary N) is 1. The van der Waals surface area contributed by atoms with E-state index in [1.54, 1.807) is 19.2 Å². The average molecular weight is 416 g/mol. The van der Waals surface area contributed by atoms with Gasteiger partial charge in [-0.3, -0.25) is 0 Å². The second kappa shape index (κ2) is 8.72. The van der Waals surface area contributed by atoms with Crippen LogP contribution in [0.25, 0.3) is 0 Å². The summed E-state index contributed by atoms with van der Waals surface area (Å²) in [7, 11) is 1.61. The molecule has 0 aliphatic rings. The number of hydrogen-bond acceptors (Lipinski definition) is 3. The maximum atomic E-state index is 13.0. The maximum Gasteiger partial charge on any atom is 0.162 e. The smallest absolute Gasteiger partial charge is 0.162 e. The topological polar surface area (TPSA) is 30.5 Å². The third kappa shape index (κ3) is 4.76. The molecule has 0 saturated heterocycles. The molecule has 134 valence electrons. The lowest BCUT2D eigenvalue weighted by Crippen LogP contribution is -2.03. The summed E-state index contributed by atoms with van der Waals surface area (Å²) in [6.45, 7) is 0.990. The summed E-state index contributed by atoms with van der Waals surface area (Å²) in [5.74, 6) is 1.02. The minimum atomic E-state index is -0.260. The van der Waals surface area contributed by atoms with Crippen molar-refractivity contribution in [2.24, 2.45) is 0 Å². The minimum Gasteiger partial charge on any atom is -0.493 e. The molecule has 0 aliphatic heterocycles. The Hall–Kier alpha value is -2.53. The van der Waals surface area contributed by atoms with Crippen LogP contribution in [0.1, 0.15) is 11.1 Å². The molecule has 0 aliphatic carbocycles. The number of rotatable bonds is 7. The van der Waals surface area contributed by atoms with Gasteiger partial charge in [-0.05, 0) is 47.5 Å². The zero-order valence-electron chi connectivity index (χ0n) is 14.3. The summed E-state index contributed by atoms with van der Waals surface area (Å²) >= 11 is 3.59. The molecule has 0 amide bonds. The van der Waals surface area contributed by atoms with Gasteiger partial charge in [-0.15, -0.1) is 0 Å². The van der Waals surface area contributed by atoms with Crippen LogP contribution in [0.3, 0.4) is 0 Å². The molecule has 0 atom stereocenters. The highest BCUT2D eigenvalue weighted by molar-refractivity contribution is 9.10. The van der Waals surface area contributed by atoms with Gasteiger partial charge in [0.15, 0.2) is 11.5 Å². The molecule has 3 aromatic rings. The Labute approximate surface area is 160 Å². The van der Waals surface area contributed by atoms with E-state index in [0.29, 0.717) is 24.7 Å². The summed E-state index contributed by atoms with van der Waals surface area (Å²) in [6.07, 6.45) is 0. The second-order valence-corrected chi connectivity index (χ2v) is 6.58. The molecule has 0 unspecified atom stereocenters. The van der Waals surface area contributed by atoms with Gasteiger partial charge in [0.1, 0.15) is 12.4 Å². The van der Waals surface area contributed by atoms with Gasteiger partial charge in [0.2, 0.25) is 0 Å². The van der Waals surface area contributed by atoms with Gasteiger partial charge in [0, 0.05) is 16.7 Å². The van der Waals surface area contributed by atoms with Gasteiger partial charge < -0.3 is 14.8 Å². The number of benzene rings is 3. The Morgan fingerprint density at radius 1 is 0.962 bits per heavy atom. The molecule has 0 aromatic heterocycles. The molecule has 3 nitrogen and oxygen atoms in total. The molecule has 0 heterocycles. The van der Waals surface area contributed by atoms with E-state index in [1.165, 1.54) is 12.1 Å². The molecule has 5 heteroatoms. The van der Waals surface area contributed by atoms with Crippen LogP contribution in [0.2, 0.25) is 0 Å².